The number of benzene rings is 1. The quantitative estimate of drug-likeness (QED) is 0.896. The van der Waals surface area contributed by atoms with Crippen LogP contribution in [0.5, 0.6) is 5.88 Å². The number of nitrogens with zero attached hydrogens (tertiary/aromatic N) is 3. The molecule has 0 unspecified atom stereocenters. The van der Waals surface area contributed by atoms with Crippen molar-refractivity contribution >= 4 is 22.9 Å². The Kier molecular flexibility index (Phi) is 4.32. The van der Waals surface area contributed by atoms with Crippen LogP contribution in [0.4, 0.5) is 4.79 Å². The summed E-state index contributed by atoms with van der Waals surface area (Å²) in [7, 11) is 0. The predicted octanol–water partition coefficient (Wildman–Crippen LogP) is 1.50. The van der Waals surface area contributed by atoms with Gasteiger partial charge in [0.05, 0.1) is 17.4 Å². The third-order valence-corrected chi connectivity index (χ3v) is 4.95. The second kappa shape index (κ2) is 6.78. The summed E-state index contributed by atoms with van der Waals surface area (Å²) < 4.78 is 11.1. The largest absolute Gasteiger partial charge is 0.467 e. The number of aromatic nitrogens is 2. The zero-order valence-corrected chi connectivity index (χ0v) is 14.3. The Bertz CT molecular complexity index is 838. The Hall–Kier alpha value is -2.90. The van der Waals surface area contributed by atoms with E-state index in [4.69, 9.17) is 9.47 Å². The van der Waals surface area contributed by atoms with Crippen LogP contribution in [-0.4, -0.2) is 58.7 Å². The van der Waals surface area contributed by atoms with Gasteiger partial charge in [0, 0.05) is 19.5 Å². The lowest BCUT2D eigenvalue weighted by Gasteiger charge is -2.25. The van der Waals surface area contributed by atoms with Gasteiger partial charge in [-0.1, -0.05) is 12.1 Å². The van der Waals surface area contributed by atoms with E-state index >= 15 is 0 Å². The molecule has 136 valence electrons. The Morgan fingerprint density at radius 1 is 1.27 bits per heavy atom. The van der Waals surface area contributed by atoms with E-state index in [9.17, 15) is 9.59 Å². The van der Waals surface area contributed by atoms with Gasteiger partial charge >= 0.3 is 6.09 Å². The van der Waals surface area contributed by atoms with Gasteiger partial charge in [-0.15, -0.1) is 0 Å². The molecule has 2 saturated heterocycles. The van der Waals surface area contributed by atoms with Gasteiger partial charge in [0.2, 0.25) is 5.88 Å². The first-order valence-electron chi connectivity index (χ1n) is 8.72. The highest BCUT2D eigenvalue weighted by molar-refractivity contribution is 5.84. The Labute approximate surface area is 150 Å². The fourth-order valence-electron chi connectivity index (χ4n) is 3.51. The molecule has 0 radical (unpaired) electrons. The number of likely N-dealkylation sites (tertiary alicyclic amines) is 1. The minimum Gasteiger partial charge on any atom is -0.467 e. The van der Waals surface area contributed by atoms with Gasteiger partial charge < -0.3 is 19.7 Å². The van der Waals surface area contributed by atoms with Crippen LogP contribution in [0.1, 0.15) is 19.3 Å². The molecule has 2 amide bonds. The van der Waals surface area contributed by atoms with Crippen molar-refractivity contribution in [1.29, 1.82) is 0 Å². The average Bonchev–Trinajstić information content (AvgIpc) is 2.90. The average molecular weight is 356 g/mol. The molecular weight excluding hydrogens is 336 g/mol. The first-order valence-corrected chi connectivity index (χ1v) is 8.72. The van der Waals surface area contributed by atoms with Gasteiger partial charge in [-0.25, -0.2) is 14.8 Å². The third kappa shape index (κ3) is 3.26. The highest BCUT2D eigenvalue weighted by Crippen LogP contribution is 2.29. The lowest BCUT2D eigenvalue weighted by Crippen LogP contribution is -2.38. The number of carbonyl (C=O) groups excluding carboxylic acids is 2. The van der Waals surface area contributed by atoms with Gasteiger partial charge in [0.15, 0.2) is 6.61 Å². The fraction of sp³-hybridized carbons (Fsp3) is 0.444. The van der Waals surface area contributed by atoms with Crippen molar-refractivity contribution in [2.24, 2.45) is 0 Å². The summed E-state index contributed by atoms with van der Waals surface area (Å²) in [5, 5.41) is 3.49. The second-order valence-electron chi connectivity index (χ2n) is 6.65. The summed E-state index contributed by atoms with van der Waals surface area (Å²) in [5.41, 5.74) is 0.299. The molecule has 1 spiro atoms. The smallest absolute Gasteiger partial charge is 0.407 e. The molecule has 1 aromatic carbocycles. The molecule has 0 bridgehead atoms. The molecule has 3 heterocycles. The van der Waals surface area contributed by atoms with E-state index < -0.39 is 5.60 Å². The van der Waals surface area contributed by atoms with E-state index in [1.807, 2.05) is 24.3 Å². The van der Waals surface area contributed by atoms with Gasteiger partial charge in [0.1, 0.15) is 11.9 Å². The number of carbonyl (C=O) groups is 2. The van der Waals surface area contributed by atoms with E-state index in [1.165, 1.54) is 6.33 Å². The first kappa shape index (κ1) is 16.6. The Morgan fingerprint density at radius 3 is 3.00 bits per heavy atom. The summed E-state index contributed by atoms with van der Waals surface area (Å²) in [6, 6.07) is 7.51. The molecule has 2 aromatic rings. The second-order valence-corrected chi connectivity index (χ2v) is 6.65. The van der Waals surface area contributed by atoms with Crippen molar-refractivity contribution in [3.05, 3.63) is 30.6 Å². The Balaban J connectivity index is 1.38. The molecule has 0 saturated carbocycles. The monoisotopic (exact) mass is 356 g/mol. The summed E-state index contributed by atoms with van der Waals surface area (Å²) in [4.78, 5) is 34.0. The predicted molar refractivity (Wildman–Crippen MR) is 92.7 cm³/mol. The van der Waals surface area contributed by atoms with Crippen LogP contribution < -0.4 is 10.1 Å². The number of rotatable bonds is 3. The van der Waals surface area contributed by atoms with E-state index in [0.29, 0.717) is 31.9 Å². The maximum absolute atomic E-state index is 12.6. The summed E-state index contributed by atoms with van der Waals surface area (Å²) in [5.74, 6) is 0.311. The standard InChI is InChI=1S/C18H20N4O4/c23-15(10-25-16-13-4-1-2-5-14(13)20-12-21-16)22-8-3-6-18(7-9-22)11-19-17(24)26-18/h1-2,4-5,12H,3,6-11H2,(H,19,24)/t18-/m0/s1. The number of ether oxygens (including phenoxy) is 2. The van der Waals surface area contributed by atoms with Gasteiger partial charge in [0.25, 0.3) is 5.91 Å². The van der Waals surface area contributed by atoms with Gasteiger partial charge in [-0.05, 0) is 25.0 Å². The zero-order valence-electron chi connectivity index (χ0n) is 14.3. The lowest BCUT2D eigenvalue weighted by atomic mass is 9.95. The molecule has 1 aromatic heterocycles. The molecule has 1 N–H and O–H groups in total. The van der Waals surface area contributed by atoms with Crippen LogP contribution in [0.25, 0.3) is 10.9 Å². The number of hydrogen-bond donors (Lipinski definition) is 1. The van der Waals surface area contributed by atoms with Crippen LogP contribution in [0.2, 0.25) is 0 Å². The molecule has 0 aliphatic carbocycles. The number of para-hydroxylation sites is 1. The van der Waals surface area contributed by atoms with Crippen LogP contribution in [-0.2, 0) is 9.53 Å². The highest BCUT2D eigenvalue weighted by Gasteiger charge is 2.41. The summed E-state index contributed by atoms with van der Waals surface area (Å²) >= 11 is 0. The number of amides is 2. The SMILES string of the molecule is O=C1NC[C@@]2(CCCN(C(=O)COc3ncnc4ccccc34)CC2)O1. The summed E-state index contributed by atoms with van der Waals surface area (Å²) in [6.07, 6.45) is 3.24. The molecule has 26 heavy (non-hydrogen) atoms. The normalized spacial score (nSPS) is 22.8. The molecule has 2 aliphatic rings. The topological polar surface area (TPSA) is 93.7 Å². The van der Waals surface area contributed by atoms with E-state index in [2.05, 4.69) is 15.3 Å². The van der Waals surface area contributed by atoms with Gasteiger partial charge in [-0.2, -0.15) is 0 Å². The molecule has 8 heteroatoms. The number of fused-ring (bicyclic) bond motifs is 1. The lowest BCUT2D eigenvalue weighted by molar-refractivity contribution is -0.133. The van der Waals surface area contributed by atoms with Crippen molar-refractivity contribution < 1.29 is 19.1 Å². The van der Waals surface area contributed by atoms with E-state index in [1.54, 1.807) is 4.90 Å². The Morgan fingerprint density at radius 2 is 2.15 bits per heavy atom. The van der Waals surface area contributed by atoms with E-state index in [-0.39, 0.29) is 18.6 Å². The van der Waals surface area contributed by atoms with Crippen LogP contribution in [0, 0.1) is 0 Å². The van der Waals surface area contributed by atoms with Crippen molar-refractivity contribution in [1.82, 2.24) is 20.2 Å². The number of nitrogens with one attached hydrogen (secondary N) is 1. The fourth-order valence-corrected chi connectivity index (χ4v) is 3.51. The number of hydrogen-bond acceptors (Lipinski definition) is 6. The zero-order chi connectivity index (χ0) is 18.0. The van der Waals surface area contributed by atoms with Crippen molar-refractivity contribution in [2.75, 3.05) is 26.2 Å². The molecular formula is C18H20N4O4. The molecule has 2 aliphatic heterocycles. The molecule has 1 atom stereocenters. The van der Waals surface area contributed by atoms with Crippen LogP contribution in [0.3, 0.4) is 0 Å². The summed E-state index contributed by atoms with van der Waals surface area (Å²) in [6.45, 7) is 1.61. The van der Waals surface area contributed by atoms with Crippen molar-refractivity contribution in [3.8, 4) is 5.88 Å². The van der Waals surface area contributed by atoms with E-state index in [0.717, 1.165) is 23.7 Å². The first-order chi connectivity index (χ1) is 12.7. The molecule has 2 fully saturated rings. The van der Waals surface area contributed by atoms with Crippen molar-refractivity contribution in [2.45, 2.75) is 24.9 Å². The molecule has 4 rings (SSSR count). The minimum absolute atomic E-state index is 0.0773. The van der Waals surface area contributed by atoms with Crippen LogP contribution >= 0.6 is 0 Å². The number of alkyl carbamates (subject to hydrolysis) is 1. The minimum atomic E-state index is -0.476. The maximum Gasteiger partial charge on any atom is 0.407 e. The van der Waals surface area contributed by atoms with Gasteiger partial charge in [-0.3, -0.25) is 4.79 Å². The highest BCUT2D eigenvalue weighted by atomic mass is 16.6. The molecule has 8 nitrogen and oxygen atoms in total. The maximum atomic E-state index is 12.6. The van der Waals surface area contributed by atoms with Crippen LogP contribution in [0.15, 0.2) is 30.6 Å². The third-order valence-electron chi connectivity index (χ3n) is 4.95. The van der Waals surface area contributed by atoms with Crippen molar-refractivity contribution in [3.63, 3.8) is 0 Å².